The fourth-order valence-electron chi connectivity index (χ4n) is 3.15. The van der Waals surface area contributed by atoms with E-state index in [1.165, 1.54) is 36.1 Å². The summed E-state index contributed by atoms with van der Waals surface area (Å²) in [7, 11) is 1.47. The Morgan fingerprint density at radius 1 is 1.12 bits per heavy atom. The Kier molecular flexibility index (Phi) is 6.81. The summed E-state index contributed by atoms with van der Waals surface area (Å²) in [6, 6.07) is 15.4. The number of benzene rings is 2. The van der Waals surface area contributed by atoms with Gasteiger partial charge in [0, 0.05) is 0 Å². The molecule has 1 aliphatic rings. The van der Waals surface area contributed by atoms with E-state index in [4.69, 9.17) is 30.8 Å². The Labute approximate surface area is 199 Å². The van der Waals surface area contributed by atoms with E-state index in [9.17, 15) is 9.59 Å². The summed E-state index contributed by atoms with van der Waals surface area (Å²) in [5, 5.41) is 0. The molecule has 1 aliphatic heterocycles. The van der Waals surface area contributed by atoms with Crippen LogP contribution in [-0.2, 0) is 4.79 Å². The number of hydrogen-bond acceptors (Lipinski definition) is 8. The van der Waals surface area contributed by atoms with Gasteiger partial charge in [0.25, 0.3) is 5.91 Å². The number of anilines is 1. The van der Waals surface area contributed by atoms with E-state index in [0.29, 0.717) is 38.6 Å². The van der Waals surface area contributed by atoms with Gasteiger partial charge in [0.1, 0.15) is 5.75 Å². The lowest BCUT2D eigenvalue weighted by Gasteiger charge is -2.18. The molecule has 0 radical (unpaired) electrons. The van der Waals surface area contributed by atoms with Gasteiger partial charge in [-0.05, 0) is 55.0 Å². The number of ether oxygens (including phenoxy) is 3. The third-order valence-electron chi connectivity index (χ3n) is 4.61. The minimum atomic E-state index is -0.639. The van der Waals surface area contributed by atoms with E-state index in [0.717, 1.165) is 0 Å². The molecule has 0 spiro atoms. The molecule has 0 aliphatic carbocycles. The van der Waals surface area contributed by atoms with Gasteiger partial charge in [-0.25, -0.2) is 4.79 Å². The highest BCUT2D eigenvalue weighted by Gasteiger charge is 2.35. The van der Waals surface area contributed by atoms with Gasteiger partial charge in [-0.1, -0.05) is 42.2 Å². The van der Waals surface area contributed by atoms with Gasteiger partial charge in [-0.3, -0.25) is 9.69 Å². The fraction of sp³-hybridized carbons (Fsp3) is 0.125. The Morgan fingerprint density at radius 3 is 2.67 bits per heavy atom. The van der Waals surface area contributed by atoms with Gasteiger partial charge in [-0.15, -0.1) is 0 Å². The van der Waals surface area contributed by atoms with Crippen LogP contribution in [0.25, 0.3) is 6.08 Å². The lowest BCUT2D eigenvalue weighted by atomic mass is 10.1. The van der Waals surface area contributed by atoms with Crippen LogP contribution in [-0.4, -0.2) is 29.9 Å². The fourth-order valence-corrected chi connectivity index (χ4v) is 4.43. The summed E-state index contributed by atoms with van der Waals surface area (Å²) < 4.78 is 21.9. The van der Waals surface area contributed by atoms with Crippen molar-refractivity contribution in [1.29, 1.82) is 0 Å². The van der Waals surface area contributed by atoms with Crippen molar-refractivity contribution in [2.45, 2.75) is 6.92 Å². The quantitative estimate of drug-likeness (QED) is 0.194. The van der Waals surface area contributed by atoms with E-state index in [-0.39, 0.29) is 17.4 Å². The number of hydrogen-bond donors (Lipinski definition) is 0. The Balaban J connectivity index is 1.58. The van der Waals surface area contributed by atoms with Gasteiger partial charge in [0.15, 0.2) is 15.8 Å². The van der Waals surface area contributed by atoms with Gasteiger partial charge in [0.2, 0.25) is 5.76 Å². The molecule has 4 rings (SSSR count). The molecule has 3 aromatic rings. The molecule has 2 heterocycles. The van der Waals surface area contributed by atoms with Crippen LogP contribution in [0.15, 0.2) is 70.2 Å². The third-order valence-corrected chi connectivity index (χ3v) is 5.91. The van der Waals surface area contributed by atoms with E-state index >= 15 is 0 Å². The average molecular weight is 482 g/mol. The SMILES string of the molecule is CCOc1ccccc1N1C(=O)C(=Cc2ccc(OC(=O)c3ccco3)c(OC)c2)SC1=S. The lowest BCUT2D eigenvalue weighted by Crippen LogP contribution is -2.28. The highest BCUT2D eigenvalue weighted by Crippen LogP contribution is 2.40. The van der Waals surface area contributed by atoms with Crippen LogP contribution in [0.3, 0.4) is 0 Å². The van der Waals surface area contributed by atoms with Crippen LogP contribution in [0.2, 0.25) is 0 Å². The number of thiocarbonyl (C=S) groups is 1. The van der Waals surface area contributed by atoms with Crippen LogP contribution < -0.4 is 19.1 Å². The van der Waals surface area contributed by atoms with Gasteiger partial charge in [0.05, 0.1) is 30.6 Å². The third kappa shape index (κ3) is 4.79. The summed E-state index contributed by atoms with van der Waals surface area (Å²) in [5.41, 5.74) is 1.28. The molecule has 1 saturated heterocycles. The Bertz CT molecular complexity index is 1240. The first-order valence-electron chi connectivity index (χ1n) is 9.95. The first kappa shape index (κ1) is 22.6. The van der Waals surface area contributed by atoms with Crippen molar-refractivity contribution in [3.05, 3.63) is 77.1 Å². The Hall–Kier alpha value is -3.56. The first-order valence-corrected chi connectivity index (χ1v) is 11.2. The minimum absolute atomic E-state index is 0.0807. The molecule has 2 aromatic carbocycles. The normalized spacial score (nSPS) is 14.6. The number of nitrogens with zero attached hydrogens (tertiary/aromatic N) is 1. The zero-order chi connectivity index (χ0) is 23.4. The van der Waals surface area contributed by atoms with Crippen molar-refractivity contribution < 1.29 is 28.2 Å². The number of thioether (sulfide) groups is 1. The molecule has 0 N–H and O–H groups in total. The highest BCUT2D eigenvalue weighted by atomic mass is 32.2. The molecular weight excluding hydrogens is 462 g/mol. The summed E-state index contributed by atoms with van der Waals surface area (Å²) >= 11 is 6.67. The topological polar surface area (TPSA) is 78.2 Å². The molecule has 0 unspecified atom stereocenters. The van der Waals surface area contributed by atoms with Crippen molar-refractivity contribution in [1.82, 2.24) is 0 Å². The summed E-state index contributed by atoms with van der Waals surface area (Å²) in [5.74, 6) is 0.346. The molecule has 1 aromatic heterocycles. The summed E-state index contributed by atoms with van der Waals surface area (Å²) in [4.78, 5) is 27.2. The summed E-state index contributed by atoms with van der Waals surface area (Å²) in [6.07, 6.45) is 3.10. The number of methoxy groups -OCH3 is 1. The standard InChI is InChI=1S/C24H19NO6S2/c1-3-29-17-8-5-4-7-16(17)25-22(26)21(33-24(25)32)14-15-10-11-18(20(13-15)28-2)31-23(27)19-9-6-12-30-19/h4-14H,3H2,1-2H3. The largest absolute Gasteiger partial charge is 0.493 e. The molecule has 0 bridgehead atoms. The summed E-state index contributed by atoms with van der Waals surface area (Å²) in [6.45, 7) is 2.35. The zero-order valence-electron chi connectivity index (χ0n) is 17.8. The van der Waals surface area contributed by atoms with E-state index in [2.05, 4.69) is 0 Å². The second-order valence-corrected chi connectivity index (χ2v) is 8.37. The Morgan fingerprint density at radius 2 is 1.94 bits per heavy atom. The molecule has 7 nitrogen and oxygen atoms in total. The number of furan rings is 1. The van der Waals surface area contributed by atoms with Gasteiger partial charge in [-0.2, -0.15) is 0 Å². The predicted molar refractivity (Wildman–Crippen MR) is 130 cm³/mol. The van der Waals surface area contributed by atoms with Crippen molar-refractivity contribution in [3.8, 4) is 17.2 Å². The maximum absolute atomic E-state index is 13.2. The van der Waals surface area contributed by atoms with Crippen molar-refractivity contribution in [2.24, 2.45) is 0 Å². The number of rotatable bonds is 7. The van der Waals surface area contributed by atoms with Crippen molar-refractivity contribution in [3.63, 3.8) is 0 Å². The minimum Gasteiger partial charge on any atom is -0.493 e. The van der Waals surface area contributed by atoms with Gasteiger partial charge >= 0.3 is 5.97 Å². The predicted octanol–water partition coefficient (Wildman–Crippen LogP) is 5.31. The van der Waals surface area contributed by atoms with E-state index in [1.807, 2.05) is 19.1 Å². The number of carbonyl (C=O) groups excluding carboxylic acids is 2. The maximum atomic E-state index is 13.2. The molecule has 33 heavy (non-hydrogen) atoms. The average Bonchev–Trinajstić information content (AvgIpc) is 3.44. The second-order valence-electron chi connectivity index (χ2n) is 6.69. The monoisotopic (exact) mass is 481 g/mol. The van der Waals surface area contributed by atoms with E-state index < -0.39 is 5.97 Å². The second kappa shape index (κ2) is 9.93. The van der Waals surface area contributed by atoms with Crippen LogP contribution in [0.1, 0.15) is 23.0 Å². The van der Waals surface area contributed by atoms with Crippen molar-refractivity contribution >= 4 is 51.9 Å². The maximum Gasteiger partial charge on any atom is 0.379 e. The van der Waals surface area contributed by atoms with Crippen LogP contribution in [0.4, 0.5) is 5.69 Å². The van der Waals surface area contributed by atoms with Crippen molar-refractivity contribution in [2.75, 3.05) is 18.6 Å². The van der Waals surface area contributed by atoms with Crippen LogP contribution in [0.5, 0.6) is 17.2 Å². The molecule has 0 saturated carbocycles. The van der Waals surface area contributed by atoms with Crippen LogP contribution >= 0.6 is 24.0 Å². The molecule has 9 heteroatoms. The van der Waals surface area contributed by atoms with Gasteiger partial charge < -0.3 is 18.6 Å². The lowest BCUT2D eigenvalue weighted by molar-refractivity contribution is -0.113. The first-order chi connectivity index (χ1) is 16.0. The number of esters is 1. The smallest absolute Gasteiger partial charge is 0.379 e. The number of carbonyl (C=O) groups is 2. The zero-order valence-corrected chi connectivity index (χ0v) is 19.4. The molecule has 1 amide bonds. The molecular formula is C24H19NO6S2. The number of para-hydroxylation sites is 2. The molecule has 1 fully saturated rings. The molecule has 168 valence electrons. The van der Waals surface area contributed by atoms with Crippen LogP contribution in [0, 0.1) is 0 Å². The van der Waals surface area contributed by atoms with E-state index in [1.54, 1.807) is 42.5 Å². The molecule has 0 atom stereocenters. The number of amides is 1. The highest BCUT2D eigenvalue weighted by molar-refractivity contribution is 8.27.